The molecular formula is C31H30ClFN4O3S. The smallest absolute Gasteiger partial charge is 0.241 e. The Kier molecular flexibility index (Phi) is 7.44. The van der Waals surface area contributed by atoms with Crippen molar-refractivity contribution < 1.29 is 17.6 Å². The quantitative estimate of drug-likeness (QED) is 0.276. The van der Waals surface area contributed by atoms with Crippen molar-refractivity contribution >= 4 is 33.2 Å². The number of sulfonamides is 1. The van der Waals surface area contributed by atoms with Crippen LogP contribution in [-0.2, 0) is 34.8 Å². The van der Waals surface area contributed by atoms with E-state index in [1.54, 1.807) is 11.1 Å². The summed E-state index contributed by atoms with van der Waals surface area (Å²) in [5, 5.41) is -0.253. The molecule has 1 saturated carbocycles. The maximum Gasteiger partial charge on any atom is 0.241 e. The summed E-state index contributed by atoms with van der Waals surface area (Å²) in [6, 6.07) is 18.8. The fourth-order valence-corrected chi connectivity index (χ4v) is 7.22. The average molecular weight is 593 g/mol. The lowest BCUT2D eigenvalue weighted by atomic mass is 9.87. The van der Waals surface area contributed by atoms with E-state index in [0.717, 1.165) is 53.9 Å². The van der Waals surface area contributed by atoms with E-state index in [1.165, 1.54) is 6.07 Å². The molecule has 0 bridgehead atoms. The topological polar surface area (TPSA) is 84.3 Å². The lowest BCUT2D eigenvalue weighted by molar-refractivity contribution is -0.120. The maximum atomic E-state index is 14.0. The SMILES string of the molecule is Cn1ccnc1CN(C(=O)C1CC1c1ccccc1)c1ccc2c(c1)C(NS(=O)(=O)c1ccc(F)c(Cl)c1)CCC2. The average Bonchev–Trinajstić information content (AvgIpc) is 3.67. The highest BCUT2D eigenvalue weighted by Crippen LogP contribution is 2.49. The van der Waals surface area contributed by atoms with Gasteiger partial charge in [-0.05, 0) is 78.6 Å². The number of nitrogens with zero attached hydrogens (tertiary/aromatic N) is 3. The van der Waals surface area contributed by atoms with Crippen molar-refractivity contribution in [3.05, 3.63) is 112 Å². The monoisotopic (exact) mass is 592 g/mol. The molecule has 10 heteroatoms. The van der Waals surface area contributed by atoms with Gasteiger partial charge < -0.3 is 9.47 Å². The summed E-state index contributed by atoms with van der Waals surface area (Å²) in [5.74, 6) is 0.133. The van der Waals surface area contributed by atoms with E-state index >= 15 is 0 Å². The number of nitrogens with one attached hydrogen (secondary N) is 1. The lowest BCUT2D eigenvalue weighted by Crippen LogP contribution is -2.34. The minimum Gasteiger partial charge on any atom is -0.337 e. The van der Waals surface area contributed by atoms with Gasteiger partial charge in [-0.25, -0.2) is 22.5 Å². The standard InChI is InChI=1S/C31H30ClFN4O3S/c1-36-15-14-34-30(36)19-37(31(38)26-18-24(26)20-6-3-2-4-7-20)22-11-10-21-8-5-9-29(25(21)16-22)35-41(39,40)23-12-13-28(33)27(32)17-23/h2-4,6-7,10-17,24,26,29,35H,5,8-9,18-19H2,1H3. The Bertz CT molecular complexity index is 1710. The van der Waals surface area contributed by atoms with Crippen molar-refractivity contribution in [3.63, 3.8) is 0 Å². The Morgan fingerprint density at radius 3 is 2.68 bits per heavy atom. The van der Waals surface area contributed by atoms with Crippen molar-refractivity contribution in [2.75, 3.05) is 4.90 Å². The van der Waals surface area contributed by atoms with Gasteiger partial charge in [-0.15, -0.1) is 0 Å². The highest BCUT2D eigenvalue weighted by atomic mass is 35.5. The number of hydrogen-bond acceptors (Lipinski definition) is 4. The number of carbonyl (C=O) groups is 1. The molecule has 1 aromatic heterocycles. The number of aromatic nitrogens is 2. The predicted octanol–water partition coefficient (Wildman–Crippen LogP) is 5.91. The van der Waals surface area contributed by atoms with Crippen LogP contribution < -0.4 is 9.62 Å². The van der Waals surface area contributed by atoms with Gasteiger partial charge in [0.15, 0.2) is 0 Å². The van der Waals surface area contributed by atoms with Crippen molar-refractivity contribution in [1.82, 2.24) is 14.3 Å². The first-order valence-electron chi connectivity index (χ1n) is 13.6. The first-order valence-corrected chi connectivity index (χ1v) is 15.5. The number of hydrogen-bond donors (Lipinski definition) is 1. The second kappa shape index (κ2) is 11.0. The van der Waals surface area contributed by atoms with Gasteiger partial charge in [0, 0.05) is 37.1 Å². The van der Waals surface area contributed by atoms with Crippen molar-refractivity contribution in [1.29, 1.82) is 0 Å². The van der Waals surface area contributed by atoms with Crippen LogP contribution in [0.4, 0.5) is 10.1 Å². The first-order chi connectivity index (χ1) is 19.7. The van der Waals surface area contributed by atoms with Crippen LogP contribution in [-0.4, -0.2) is 23.9 Å². The summed E-state index contributed by atoms with van der Waals surface area (Å²) < 4.78 is 44.9. The number of amides is 1. The zero-order valence-corrected chi connectivity index (χ0v) is 24.1. The van der Waals surface area contributed by atoms with Gasteiger partial charge in [0.05, 0.1) is 16.5 Å². The molecule has 7 nitrogen and oxygen atoms in total. The third-order valence-electron chi connectivity index (χ3n) is 8.08. The van der Waals surface area contributed by atoms with Crippen LogP contribution in [0.25, 0.3) is 0 Å². The summed E-state index contributed by atoms with van der Waals surface area (Å²) in [7, 11) is -2.08. The van der Waals surface area contributed by atoms with Crippen LogP contribution >= 0.6 is 11.6 Å². The van der Waals surface area contributed by atoms with Crippen LogP contribution in [0.15, 0.2) is 84.0 Å². The third kappa shape index (κ3) is 5.66. The molecule has 212 valence electrons. The van der Waals surface area contributed by atoms with Crippen LogP contribution in [0.5, 0.6) is 0 Å². The molecule has 3 aromatic carbocycles. The van der Waals surface area contributed by atoms with E-state index in [-0.39, 0.29) is 27.7 Å². The Morgan fingerprint density at radius 2 is 1.95 bits per heavy atom. The van der Waals surface area contributed by atoms with Gasteiger partial charge in [-0.2, -0.15) is 0 Å². The third-order valence-corrected chi connectivity index (χ3v) is 9.84. The molecule has 3 unspecified atom stereocenters. The number of benzene rings is 3. The van der Waals surface area contributed by atoms with E-state index in [0.29, 0.717) is 18.7 Å². The molecule has 4 aromatic rings. The highest BCUT2D eigenvalue weighted by Gasteiger charge is 2.46. The van der Waals surface area contributed by atoms with E-state index in [4.69, 9.17) is 11.6 Å². The fourth-order valence-electron chi connectivity index (χ4n) is 5.70. The van der Waals surface area contributed by atoms with E-state index in [1.807, 2.05) is 54.2 Å². The van der Waals surface area contributed by atoms with Crippen molar-refractivity contribution in [3.8, 4) is 0 Å². The summed E-state index contributed by atoms with van der Waals surface area (Å²) in [6.07, 6.45) is 6.55. The summed E-state index contributed by atoms with van der Waals surface area (Å²) >= 11 is 5.87. The fraction of sp³-hybridized carbons (Fsp3) is 0.290. The van der Waals surface area contributed by atoms with Gasteiger partial charge >= 0.3 is 0 Å². The maximum absolute atomic E-state index is 14.0. The number of imidazole rings is 1. The number of fused-ring (bicyclic) bond motifs is 1. The molecule has 2 aliphatic rings. The molecule has 6 rings (SSSR count). The number of carbonyl (C=O) groups excluding carboxylic acids is 1. The Labute approximate surface area is 244 Å². The Morgan fingerprint density at radius 1 is 1.15 bits per heavy atom. The second-order valence-electron chi connectivity index (χ2n) is 10.8. The first kappa shape index (κ1) is 27.6. The van der Waals surface area contributed by atoms with Crippen LogP contribution in [0.1, 0.15) is 53.7 Å². The number of anilines is 1. The molecule has 3 atom stereocenters. The molecular weight excluding hydrogens is 563 g/mol. The summed E-state index contributed by atoms with van der Waals surface area (Å²) in [6.45, 7) is 0.295. The summed E-state index contributed by atoms with van der Waals surface area (Å²) in [4.78, 5) is 20.1. The minimum atomic E-state index is -3.97. The van der Waals surface area contributed by atoms with Crippen LogP contribution in [0.2, 0.25) is 5.02 Å². The van der Waals surface area contributed by atoms with E-state index in [2.05, 4.69) is 21.8 Å². The second-order valence-corrected chi connectivity index (χ2v) is 12.9. The minimum absolute atomic E-state index is 0.0238. The van der Waals surface area contributed by atoms with E-state index < -0.39 is 21.9 Å². The molecule has 1 N–H and O–H groups in total. The zero-order valence-electron chi connectivity index (χ0n) is 22.5. The van der Waals surface area contributed by atoms with Crippen molar-refractivity contribution in [2.24, 2.45) is 13.0 Å². The van der Waals surface area contributed by atoms with Gasteiger partial charge in [0.1, 0.15) is 11.6 Å². The molecule has 1 fully saturated rings. The van der Waals surface area contributed by atoms with Gasteiger partial charge in [-0.3, -0.25) is 4.79 Å². The molecule has 1 amide bonds. The largest absolute Gasteiger partial charge is 0.337 e. The number of halogens is 2. The van der Waals surface area contributed by atoms with Crippen LogP contribution in [0, 0.1) is 11.7 Å². The van der Waals surface area contributed by atoms with Crippen LogP contribution in [0.3, 0.4) is 0 Å². The molecule has 41 heavy (non-hydrogen) atoms. The highest BCUT2D eigenvalue weighted by molar-refractivity contribution is 7.89. The normalized spacial score (nSPS) is 19.9. The molecule has 0 spiro atoms. The zero-order chi connectivity index (χ0) is 28.7. The Balaban J connectivity index is 1.32. The van der Waals surface area contributed by atoms with Gasteiger partial charge in [0.25, 0.3) is 0 Å². The molecule has 0 saturated heterocycles. The van der Waals surface area contributed by atoms with Gasteiger partial charge in [-0.1, -0.05) is 48.0 Å². The number of aryl methyl sites for hydroxylation is 2. The van der Waals surface area contributed by atoms with E-state index in [9.17, 15) is 17.6 Å². The Hall–Kier alpha value is -3.53. The summed E-state index contributed by atoms with van der Waals surface area (Å²) in [5.41, 5.74) is 3.72. The van der Waals surface area contributed by atoms with Crippen molar-refractivity contribution in [2.45, 2.75) is 49.1 Å². The lowest BCUT2D eigenvalue weighted by Gasteiger charge is -2.29. The molecule has 2 aliphatic carbocycles. The predicted molar refractivity (Wildman–Crippen MR) is 156 cm³/mol. The van der Waals surface area contributed by atoms with Gasteiger partial charge in [0.2, 0.25) is 15.9 Å². The molecule has 0 aliphatic heterocycles. The number of rotatable bonds is 8. The molecule has 1 heterocycles. The molecule has 0 radical (unpaired) electrons.